The second kappa shape index (κ2) is 7.01. The third-order valence-corrected chi connectivity index (χ3v) is 3.02. The Bertz CT molecular complexity index is 401. The molecule has 0 aliphatic heterocycles. The number of hydrogen-bond donors (Lipinski definition) is 1. The van der Waals surface area contributed by atoms with Crippen molar-refractivity contribution in [1.29, 1.82) is 0 Å². The van der Waals surface area contributed by atoms with Crippen molar-refractivity contribution < 1.29 is 9.53 Å². The molecule has 4 heteroatoms. The Balaban J connectivity index is 2.53. The number of nitrogens with zero attached hydrogens (tertiary/aromatic N) is 1. The first kappa shape index (κ1) is 14.5. The van der Waals surface area contributed by atoms with Crippen molar-refractivity contribution in [1.82, 2.24) is 4.90 Å². The van der Waals surface area contributed by atoms with Crippen molar-refractivity contribution in [2.24, 2.45) is 0 Å². The minimum Gasteiger partial charge on any atom is -0.461 e. The summed E-state index contributed by atoms with van der Waals surface area (Å²) >= 11 is 0. The van der Waals surface area contributed by atoms with E-state index in [0.29, 0.717) is 17.9 Å². The van der Waals surface area contributed by atoms with Gasteiger partial charge in [0.2, 0.25) is 0 Å². The summed E-state index contributed by atoms with van der Waals surface area (Å²) in [6, 6.07) is 5.27. The molecule has 0 spiro atoms. The molecule has 0 fully saturated rings. The highest BCUT2D eigenvalue weighted by Crippen LogP contribution is 2.13. The van der Waals surface area contributed by atoms with E-state index in [1.807, 2.05) is 13.0 Å². The molecule has 0 aromatic heterocycles. The Kier molecular flexibility index (Phi) is 5.65. The fourth-order valence-corrected chi connectivity index (χ4v) is 1.74. The Morgan fingerprint density at radius 3 is 2.61 bits per heavy atom. The SMILES string of the molecule is CCN(CC)CCOC(=O)c1cc(N)ccc1C. The van der Waals surface area contributed by atoms with Crippen LogP contribution in [-0.4, -0.2) is 37.1 Å². The van der Waals surface area contributed by atoms with Crippen LogP contribution in [0.2, 0.25) is 0 Å². The number of likely N-dealkylation sites (N-methyl/N-ethyl adjacent to an activating group) is 1. The highest BCUT2D eigenvalue weighted by atomic mass is 16.5. The molecule has 0 aliphatic carbocycles. The first-order valence-corrected chi connectivity index (χ1v) is 6.34. The standard InChI is InChI=1S/C14H22N2O2/c1-4-16(5-2)8-9-18-14(17)13-10-12(15)7-6-11(13)3/h6-7,10H,4-5,8-9,15H2,1-3H3. The molecule has 0 unspecified atom stereocenters. The van der Waals surface area contributed by atoms with Crippen molar-refractivity contribution in [2.75, 3.05) is 32.0 Å². The van der Waals surface area contributed by atoms with Crippen molar-refractivity contribution in [3.8, 4) is 0 Å². The third kappa shape index (κ3) is 4.04. The summed E-state index contributed by atoms with van der Waals surface area (Å²) in [5.41, 5.74) is 7.69. The van der Waals surface area contributed by atoms with Crippen molar-refractivity contribution in [3.05, 3.63) is 29.3 Å². The van der Waals surface area contributed by atoms with Gasteiger partial charge in [-0.3, -0.25) is 0 Å². The minimum absolute atomic E-state index is 0.299. The summed E-state index contributed by atoms with van der Waals surface area (Å²) in [5.74, 6) is -0.299. The van der Waals surface area contributed by atoms with Crippen LogP contribution in [0, 0.1) is 6.92 Å². The van der Waals surface area contributed by atoms with E-state index in [4.69, 9.17) is 10.5 Å². The number of rotatable bonds is 6. The predicted molar refractivity (Wildman–Crippen MR) is 73.7 cm³/mol. The van der Waals surface area contributed by atoms with Gasteiger partial charge < -0.3 is 15.4 Å². The van der Waals surface area contributed by atoms with E-state index in [1.165, 1.54) is 0 Å². The lowest BCUT2D eigenvalue weighted by Gasteiger charge is -2.17. The molecule has 100 valence electrons. The number of nitrogens with two attached hydrogens (primary N) is 1. The van der Waals surface area contributed by atoms with E-state index in [9.17, 15) is 4.79 Å². The first-order valence-electron chi connectivity index (χ1n) is 6.34. The number of carbonyl (C=O) groups is 1. The number of ether oxygens (including phenoxy) is 1. The van der Waals surface area contributed by atoms with Crippen LogP contribution in [0.5, 0.6) is 0 Å². The average molecular weight is 250 g/mol. The van der Waals surface area contributed by atoms with Gasteiger partial charge >= 0.3 is 5.97 Å². The quantitative estimate of drug-likeness (QED) is 0.620. The summed E-state index contributed by atoms with van der Waals surface area (Å²) in [6.45, 7) is 9.16. The Hall–Kier alpha value is -1.55. The summed E-state index contributed by atoms with van der Waals surface area (Å²) in [6.07, 6.45) is 0. The Morgan fingerprint density at radius 1 is 1.33 bits per heavy atom. The first-order chi connectivity index (χ1) is 8.58. The van der Waals surface area contributed by atoms with Gasteiger partial charge in [-0.1, -0.05) is 19.9 Å². The monoisotopic (exact) mass is 250 g/mol. The third-order valence-electron chi connectivity index (χ3n) is 3.02. The molecular formula is C14H22N2O2. The largest absolute Gasteiger partial charge is 0.461 e. The fourth-order valence-electron chi connectivity index (χ4n) is 1.74. The molecular weight excluding hydrogens is 228 g/mol. The van der Waals surface area contributed by atoms with Crippen LogP contribution in [0.3, 0.4) is 0 Å². The summed E-state index contributed by atoms with van der Waals surface area (Å²) in [7, 11) is 0. The lowest BCUT2D eigenvalue weighted by Crippen LogP contribution is -2.28. The zero-order chi connectivity index (χ0) is 13.5. The molecule has 0 bridgehead atoms. The smallest absolute Gasteiger partial charge is 0.338 e. The molecule has 1 rings (SSSR count). The van der Waals surface area contributed by atoms with E-state index in [1.54, 1.807) is 12.1 Å². The lowest BCUT2D eigenvalue weighted by atomic mass is 10.1. The molecule has 0 saturated carbocycles. The van der Waals surface area contributed by atoms with Gasteiger partial charge in [-0.05, 0) is 37.7 Å². The van der Waals surface area contributed by atoms with Gasteiger partial charge in [0.05, 0.1) is 5.56 Å². The normalized spacial score (nSPS) is 10.7. The van der Waals surface area contributed by atoms with Crippen LogP contribution < -0.4 is 5.73 Å². The van der Waals surface area contributed by atoms with Crippen LogP contribution in [0.15, 0.2) is 18.2 Å². The predicted octanol–water partition coefficient (Wildman–Crippen LogP) is 2.08. The molecule has 18 heavy (non-hydrogen) atoms. The van der Waals surface area contributed by atoms with Gasteiger partial charge in [-0.25, -0.2) is 4.79 Å². The molecule has 0 atom stereocenters. The Labute approximate surface area is 109 Å². The van der Waals surface area contributed by atoms with Gasteiger partial charge in [-0.2, -0.15) is 0 Å². The molecule has 2 N–H and O–H groups in total. The van der Waals surface area contributed by atoms with Crippen LogP contribution >= 0.6 is 0 Å². The molecule has 0 aliphatic rings. The zero-order valence-electron chi connectivity index (χ0n) is 11.4. The van der Waals surface area contributed by atoms with Gasteiger partial charge in [0.15, 0.2) is 0 Å². The zero-order valence-corrected chi connectivity index (χ0v) is 11.4. The van der Waals surface area contributed by atoms with Crippen molar-refractivity contribution in [3.63, 3.8) is 0 Å². The highest BCUT2D eigenvalue weighted by molar-refractivity contribution is 5.92. The van der Waals surface area contributed by atoms with Crippen LogP contribution in [0.25, 0.3) is 0 Å². The molecule has 0 radical (unpaired) electrons. The molecule has 4 nitrogen and oxygen atoms in total. The number of anilines is 1. The van der Waals surface area contributed by atoms with Gasteiger partial charge in [0.1, 0.15) is 6.61 Å². The van der Waals surface area contributed by atoms with Gasteiger partial charge in [-0.15, -0.1) is 0 Å². The fraction of sp³-hybridized carbons (Fsp3) is 0.500. The summed E-state index contributed by atoms with van der Waals surface area (Å²) in [4.78, 5) is 14.1. The van der Waals surface area contributed by atoms with E-state index in [0.717, 1.165) is 25.2 Å². The van der Waals surface area contributed by atoms with Crippen molar-refractivity contribution in [2.45, 2.75) is 20.8 Å². The highest BCUT2D eigenvalue weighted by Gasteiger charge is 2.11. The molecule has 1 aromatic carbocycles. The maximum Gasteiger partial charge on any atom is 0.338 e. The van der Waals surface area contributed by atoms with Crippen LogP contribution in [0.1, 0.15) is 29.8 Å². The van der Waals surface area contributed by atoms with E-state index >= 15 is 0 Å². The van der Waals surface area contributed by atoms with Gasteiger partial charge in [0.25, 0.3) is 0 Å². The summed E-state index contributed by atoms with van der Waals surface area (Å²) in [5, 5.41) is 0. The van der Waals surface area contributed by atoms with E-state index in [2.05, 4.69) is 18.7 Å². The molecule has 0 amide bonds. The average Bonchev–Trinajstić information content (AvgIpc) is 2.37. The number of aryl methyl sites for hydroxylation is 1. The molecule has 1 aromatic rings. The lowest BCUT2D eigenvalue weighted by molar-refractivity contribution is 0.0465. The number of nitrogen functional groups attached to an aromatic ring is 1. The molecule has 0 heterocycles. The van der Waals surface area contributed by atoms with Crippen LogP contribution in [0.4, 0.5) is 5.69 Å². The summed E-state index contributed by atoms with van der Waals surface area (Å²) < 4.78 is 5.26. The number of hydrogen-bond acceptors (Lipinski definition) is 4. The maximum absolute atomic E-state index is 11.9. The number of esters is 1. The molecule has 0 saturated heterocycles. The van der Waals surface area contributed by atoms with E-state index < -0.39 is 0 Å². The second-order valence-corrected chi connectivity index (χ2v) is 4.24. The number of benzene rings is 1. The van der Waals surface area contributed by atoms with E-state index in [-0.39, 0.29) is 5.97 Å². The maximum atomic E-state index is 11.9. The van der Waals surface area contributed by atoms with Gasteiger partial charge in [0, 0.05) is 12.2 Å². The Morgan fingerprint density at radius 2 is 2.00 bits per heavy atom. The topological polar surface area (TPSA) is 55.6 Å². The number of carbonyl (C=O) groups excluding carboxylic acids is 1. The minimum atomic E-state index is -0.299. The second-order valence-electron chi connectivity index (χ2n) is 4.24. The van der Waals surface area contributed by atoms with Crippen LogP contribution in [-0.2, 0) is 4.74 Å². The van der Waals surface area contributed by atoms with Crippen molar-refractivity contribution >= 4 is 11.7 Å².